The lowest BCUT2D eigenvalue weighted by atomic mass is 9.88. The lowest BCUT2D eigenvalue weighted by molar-refractivity contribution is -0.116. The van der Waals surface area contributed by atoms with Crippen LogP contribution in [0.4, 0.5) is 14.5 Å². The maximum Gasteiger partial charge on any atom is 0.223 e. The molecular weight excluding hydrogens is 414 g/mol. The number of halogens is 2. The SMILES string of the molecule is CC(=O)N1CCc2cc(C(=O)CCN3CCC(C(=O)c4ccc(F)cc4F)CC3)ccc21. The average Bonchev–Trinajstić information content (AvgIpc) is 3.21. The summed E-state index contributed by atoms with van der Waals surface area (Å²) in [5.74, 6) is -2.02. The molecule has 168 valence electrons. The number of hydrogen-bond acceptors (Lipinski definition) is 4. The highest BCUT2D eigenvalue weighted by atomic mass is 19.1. The van der Waals surface area contributed by atoms with Crippen molar-refractivity contribution >= 4 is 23.2 Å². The van der Waals surface area contributed by atoms with Gasteiger partial charge < -0.3 is 9.80 Å². The molecule has 1 amide bonds. The topological polar surface area (TPSA) is 57.7 Å². The van der Waals surface area contributed by atoms with Crippen molar-refractivity contribution in [2.24, 2.45) is 5.92 Å². The van der Waals surface area contributed by atoms with Crippen LogP contribution < -0.4 is 4.90 Å². The van der Waals surface area contributed by atoms with Gasteiger partial charge in [-0.25, -0.2) is 8.78 Å². The molecule has 0 atom stereocenters. The minimum atomic E-state index is -0.816. The molecule has 1 saturated heterocycles. The molecule has 2 aliphatic heterocycles. The van der Waals surface area contributed by atoms with Crippen LogP contribution in [-0.2, 0) is 11.2 Å². The second kappa shape index (κ2) is 9.28. The Labute approximate surface area is 186 Å². The highest BCUT2D eigenvalue weighted by molar-refractivity contribution is 5.99. The maximum absolute atomic E-state index is 13.9. The Balaban J connectivity index is 1.28. The number of anilines is 1. The van der Waals surface area contributed by atoms with Crippen molar-refractivity contribution in [2.75, 3.05) is 31.1 Å². The number of benzene rings is 2. The van der Waals surface area contributed by atoms with E-state index in [1.807, 2.05) is 12.1 Å². The van der Waals surface area contributed by atoms with Gasteiger partial charge in [0, 0.05) is 49.7 Å². The first-order chi connectivity index (χ1) is 15.3. The minimum Gasteiger partial charge on any atom is -0.312 e. The molecule has 5 nitrogen and oxygen atoms in total. The van der Waals surface area contributed by atoms with Crippen LogP contribution in [0.5, 0.6) is 0 Å². The molecule has 0 radical (unpaired) electrons. The normalized spacial score (nSPS) is 16.8. The van der Waals surface area contributed by atoms with Gasteiger partial charge >= 0.3 is 0 Å². The third-order valence-corrected chi connectivity index (χ3v) is 6.49. The third kappa shape index (κ3) is 4.63. The summed E-state index contributed by atoms with van der Waals surface area (Å²) in [7, 11) is 0. The van der Waals surface area contributed by atoms with Crippen molar-refractivity contribution in [1.29, 1.82) is 0 Å². The summed E-state index contributed by atoms with van der Waals surface area (Å²) in [6.45, 7) is 4.11. The van der Waals surface area contributed by atoms with Crippen LogP contribution in [0.1, 0.15) is 52.5 Å². The number of Topliss-reactive ketones (excluding diaryl/α,β-unsaturated/α-hetero) is 2. The van der Waals surface area contributed by atoms with E-state index in [2.05, 4.69) is 4.90 Å². The van der Waals surface area contributed by atoms with Gasteiger partial charge in [0.05, 0.1) is 5.56 Å². The Hall–Kier alpha value is -2.93. The number of rotatable bonds is 6. The fraction of sp³-hybridized carbons (Fsp3) is 0.400. The molecule has 0 aromatic heterocycles. The smallest absolute Gasteiger partial charge is 0.223 e. The standard InChI is InChI=1S/C25H26F2N2O3/c1-16(30)29-13-8-18-14-19(2-5-23(18)29)24(31)9-12-28-10-6-17(7-11-28)25(32)21-4-3-20(26)15-22(21)27/h2-5,14-15,17H,6-13H2,1H3. The number of carbonyl (C=O) groups is 3. The zero-order valence-electron chi connectivity index (χ0n) is 18.1. The van der Waals surface area contributed by atoms with Gasteiger partial charge in [0.15, 0.2) is 11.6 Å². The van der Waals surface area contributed by atoms with E-state index in [0.717, 1.165) is 29.8 Å². The molecule has 0 saturated carbocycles. The Morgan fingerprint density at radius 2 is 1.75 bits per heavy atom. The number of likely N-dealkylation sites (tertiary alicyclic amines) is 1. The van der Waals surface area contributed by atoms with Crippen molar-refractivity contribution in [3.8, 4) is 0 Å². The summed E-state index contributed by atoms with van der Waals surface area (Å²) in [5.41, 5.74) is 2.52. The van der Waals surface area contributed by atoms with Crippen molar-refractivity contribution in [1.82, 2.24) is 4.90 Å². The molecule has 32 heavy (non-hydrogen) atoms. The van der Waals surface area contributed by atoms with Crippen LogP contribution >= 0.6 is 0 Å². The Morgan fingerprint density at radius 1 is 1.00 bits per heavy atom. The van der Waals surface area contributed by atoms with Gasteiger partial charge in [-0.2, -0.15) is 0 Å². The number of nitrogens with zero attached hydrogens (tertiary/aromatic N) is 2. The highest BCUT2D eigenvalue weighted by Gasteiger charge is 2.28. The van der Waals surface area contributed by atoms with Gasteiger partial charge in [-0.05, 0) is 68.2 Å². The van der Waals surface area contributed by atoms with E-state index in [1.165, 1.54) is 6.07 Å². The lowest BCUT2D eigenvalue weighted by Crippen LogP contribution is -2.37. The predicted octanol–water partition coefficient (Wildman–Crippen LogP) is 4.04. The molecule has 2 aromatic carbocycles. The fourth-order valence-electron chi connectivity index (χ4n) is 4.63. The van der Waals surface area contributed by atoms with Crippen LogP contribution in [0.2, 0.25) is 0 Å². The molecule has 4 rings (SSSR count). The second-order valence-electron chi connectivity index (χ2n) is 8.54. The van der Waals surface area contributed by atoms with Crippen LogP contribution in [0, 0.1) is 17.6 Å². The van der Waals surface area contributed by atoms with Crippen LogP contribution in [0.25, 0.3) is 0 Å². The summed E-state index contributed by atoms with van der Waals surface area (Å²) < 4.78 is 27.0. The monoisotopic (exact) mass is 440 g/mol. The number of amides is 1. The highest BCUT2D eigenvalue weighted by Crippen LogP contribution is 2.29. The van der Waals surface area contributed by atoms with Gasteiger partial charge in [-0.3, -0.25) is 14.4 Å². The third-order valence-electron chi connectivity index (χ3n) is 6.49. The molecule has 2 aliphatic rings. The molecule has 7 heteroatoms. The molecular formula is C25H26F2N2O3. The first kappa shape index (κ1) is 22.3. The van der Waals surface area contributed by atoms with E-state index in [1.54, 1.807) is 17.9 Å². The van der Waals surface area contributed by atoms with E-state index in [-0.39, 0.29) is 29.0 Å². The van der Waals surface area contributed by atoms with Crippen LogP contribution in [0.15, 0.2) is 36.4 Å². The van der Waals surface area contributed by atoms with Crippen molar-refractivity contribution in [3.05, 3.63) is 64.7 Å². The van der Waals surface area contributed by atoms with Gasteiger partial charge in [-0.1, -0.05) is 0 Å². The zero-order chi connectivity index (χ0) is 22.8. The van der Waals surface area contributed by atoms with E-state index < -0.39 is 11.6 Å². The number of piperidine rings is 1. The van der Waals surface area contributed by atoms with Gasteiger partial charge in [-0.15, -0.1) is 0 Å². The second-order valence-corrected chi connectivity index (χ2v) is 8.54. The molecule has 0 N–H and O–H groups in total. The molecule has 2 aromatic rings. The number of hydrogen-bond donors (Lipinski definition) is 0. The predicted molar refractivity (Wildman–Crippen MR) is 117 cm³/mol. The molecule has 0 aliphatic carbocycles. The summed E-state index contributed by atoms with van der Waals surface area (Å²) in [6.07, 6.45) is 2.31. The first-order valence-electron chi connectivity index (χ1n) is 11.0. The lowest BCUT2D eigenvalue weighted by Gasteiger charge is -2.31. The molecule has 1 fully saturated rings. The first-order valence-corrected chi connectivity index (χ1v) is 11.0. The quantitative estimate of drug-likeness (QED) is 0.636. The molecule has 0 spiro atoms. The summed E-state index contributed by atoms with van der Waals surface area (Å²) >= 11 is 0. The molecule has 0 bridgehead atoms. The summed E-state index contributed by atoms with van der Waals surface area (Å²) in [4.78, 5) is 40.8. The van der Waals surface area contributed by atoms with Gasteiger partial charge in [0.25, 0.3) is 0 Å². The minimum absolute atomic E-state index is 0.00637. The number of carbonyl (C=O) groups excluding carboxylic acids is 3. The summed E-state index contributed by atoms with van der Waals surface area (Å²) in [6, 6.07) is 8.58. The molecule has 0 unspecified atom stereocenters. The Bertz CT molecular complexity index is 1060. The Kier molecular flexibility index (Phi) is 6.46. The maximum atomic E-state index is 13.9. The summed E-state index contributed by atoms with van der Waals surface area (Å²) in [5, 5.41) is 0. The number of ketones is 2. The molecule has 2 heterocycles. The van der Waals surface area contributed by atoms with Crippen molar-refractivity contribution in [2.45, 2.75) is 32.6 Å². The number of fused-ring (bicyclic) bond motifs is 1. The fourth-order valence-corrected chi connectivity index (χ4v) is 4.63. The Morgan fingerprint density at radius 3 is 2.44 bits per heavy atom. The zero-order valence-corrected chi connectivity index (χ0v) is 18.1. The van der Waals surface area contributed by atoms with E-state index >= 15 is 0 Å². The van der Waals surface area contributed by atoms with Crippen molar-refractivity contribution < 1.29 is 23.2 Å². The van der Waals surface area contributed by atoms with Crippen molar-refractivity contribution in [3.63, 3.8) is 0 Å². The van der Waals surface area contributed by atoms with Gasteiger partial charge in [0.2, 0.25) is 5.91 Å². The van der Waals surface area contributed by atoms with E-state index in [0.29, 0.717) is 51.0 Å². The van der Waals surface area contributed by atoms with Crippen LogP contribution in [0.3, 0.4) is 0 Å². The van der Waals surface area contributed by atoms with E-state index in [9.17, 15) is 23.2 Å². The average molecular weight is 440 g/mol. The largest absolute Gasteiger partial charge is 0.312 e. The van der Waals surface area contributed by atoms with E-state index in [4.69, 9.17) is 0 Å². The van der Waals surface area contributed by atoms with Gasteiger partial charge in [0.1, 0.15) is 11.6 Å². The van der Waals surface area contributed by atoms with Crippen LogP contribution in [-0.4, -0.2) is 48.6 Å².